The molecule has 0 aliphatic carbocycles. The quantitative estimate of drug-likeness (QED) is 0.268. The fraction of sp³-hybridized carbons (Fsp3) is 0.250. The molecule has 5 N–H and O–H groups in total. The fourth-order valence-corrected chi connectivity index (χ4v) is 5.04. The van der Waals surface area contributed by atoms with Crippen LogP contribution in [0, 0.1) is 0 Å². The lowest BCUT2D eigenvalue weighted by Gasteiger charge is -2.21. The number of hydrogen-bond donors (Lipinski definition) is 4. The molecule has 3 aromatic carbocycles. The number of nitrogens with two attached hydrogens (primary N) is 1. The van der Waals surface area contributed by atoms with Crippen LogP contribution in [0.25, 0.3) is 0 Å². The van der Waals surface area contributed by atoms with Gasteiger partial charge in [0.15, 0.2) is 9.84 Å². The SMILES string of the molecule is CCOc1cccc(C(Nc2cccc(C(N)=O)c2)C(=O)NCc2cc(NC(C)=O)ccc2S(=O)(=O)CC)c1. The number of primary amides is 1. The molecule has 0 heterocycles. The number of hydrogen-bond acceptors (Lipinski definition) is 7. The van der Waals surface area contributed by atoms with Crippen molar-refractivity contribution in [2.75, 3.05) is 23.0 Å². The summed E-state index contributed by atoms with van der Waals surface area (Å²) in [5.74, 6) is -0.940. The van der Waals surface area contributed by atoms with E-state index in [0.717, 1.165) is 0 Å². The number of carbonyl (C=O) groups excluding carboxylic acids is 3. The molecule has 0 saturated carbocycles. The third-order valence-corrected chi connectivity index (χ3v) is 7.60. The van der Waals surface area contributed by atoms with Gasteiger partial charge in [0, 0.05) is 30.4 Å². The van der Waals surface area contributed by atoms with Gasteiger partial charge in [-0.1, -0.05) is 25.1 Å². The van der Waals surface area contributed by atoms with Crippen molar-refractivity contribution in [3.63, 3.8) is 0 Å². The predicted octanol–water partition coefficient (Wildman–Crippen LogP) is 3.41. The lowest BCUT2D eigenvalue weighted by atomic mass is 10.0. The highest BCUT2D eigenvalue weighted by atomic mass is 32.2. The van der Waals surface area contributed by atoms with E-state index in [9.17, 15) is 22.8 Å². The molecule has 0 bridgehead atoms. The summed E-state index contributed by atoms with van der Waals surface area (Å²) < 4.78 is 31.0. The van der Waals surface area contributed by atoms with E-state index in [-0.39, 0.29) is 28.7 Å². The molecule has 3 aromatic rings. The highest BCUT2D eigenvalue weighted by molar-refractivity contribution is 7.91. The number of rotatable bonds is 12. The molecule has 3 amide bonds. The molecule has 1 atom stereocenters. The fourth-order valence-electron chi connectivity index (χ4n) is 3.92. The van der Waals surface area contributed by atoms with Crippen LogP contribution in [-0.2, 0) is 26.0 Å². The molecule has 0 aliphatic rings. The number of anilines is 2. The first kappa shape index (κ1) is 29.2. The minimum atomic E-state index is -3.61. The Balaban J connectivity index is 1.96. The van der Waals surface area contributed by atoms with Gasteiger partial charge in [-0.25, -0.2) is 8.42 Å². The highest BCUT2D eigenvalue weighted by Gasteiger charge is 2.23. The van der Waals surface area contributed by atoms with Crippen molar-refractivity contribution in [2.24, 2.45) is 5.73 Å². The molecular formula is C28H32N4O6S. The molecule has 0 radical (unpaired) electrons. The van der Waals surface area contributed by atoms with Crippen LogP contribution in [0.2, 0.25) is 0 Å². The zero-order valence-electron chi connectivity index (χ0n) is 22.0. The molecule has 0 saturated heterocycles. The van der Waals surface area contributed by atoms with E-state index in [1.165, 1.54) is 38.1 Å². The summed E-state index contributed by atoms with van der Waals surface area (Å²) in [5, 5.41) is 8.58. The molecule has 3 rings (SSSR count). The molecule has 11 heteroatoms. The van der Waals surface area contributed by atoms with Crippen LogP contribution in [-0.4, -0.2) is 38.5 Å². The Kier molecular flexibility index (Phi) is 9.67. The smallest absolute Gasteiger partial charge is 0.248 e. The van der Waals surface area contributed by atoms with Crippen molar-refractivity contribution in [3.05, 3.63) is 83.4 Å². The zero-order valence-corrected chi connectivity index (χ0v) is 22.8. The van der Waals surface area contributed by atoms with Gasteiger partial charge in [-0.2, -0.15) is 0 Å². The van der Waals surface area contributed by atoms with Crippen molar-refractivity contribution >= 4 is 38.9 Å². The Morgan fingerprint density at radius 1 is 0.949 bits per heavy atom. The Hall–Kier alpha value is -4.38. The minimum Gasteiger partial charge on any atom is -0.494 e. The first-order valence-electron chi connectivity index (χ1n) is 12.3. The van der Waals surface area contributed by atoms with Gasteiger partial charge in [-0.3, -0.25) is 14.4 Å². The van der Waals surface area contributed by atoms with Crippen molar-refractivity contribution in [3.8, 4) is 5.75 Å². The van der Waals surface area contributed by atoms with Crippen LogP contribution in [0.15, 0.2) is 71.6 Å². The normalized spacial score (nSPS) is 11.8. The van der Waals surface area contributed by atoms with Gasteiger partial charge in [0.1, 0.15) is 11.8 Å². The van der Waals surface area contributed by atoms with Crippen molar-refractivity contribution in [1.29, 1.82) is 0 Å². The third-order valence-electron chi connectivity index (χ3n) is 5.77. The topological polar surface area (TPSA) is 157 Å². The summed E-state index contributed by atoms with van der Waals surface area (Å²) in [6.45, 7) is 5.05. The molecule has 10 nitrogen and oxygen atoms in total. The van der Waals surface area contributed by atoms with Gasteiger partial charge in [0.05, 0.1) is 17.3 Å². The molecule has 206 valence electrons. The van der Waals surface area contributed by atoms with Crippen LogP contribution >= 0.6 is 0 Å². The van der Waals surface area contributed by atoms with Crippen molar-refractivity contribution < 1.29 is 27.5 Å². The number of carbonyl (C=O) groups is 3. The number of ether oxygens (including phenoxy) is 1. The maximum atomic E-state index is 13.6. The summed E-state index contributed by atoms with van der Waals surface area (Å²) >= 11 is 0. The second-order valence-electron chi connectivity index (χ2n) is 8.65. The molecule has 1 unspecified atom stereocenters. The Morgan fingerprint density at radius 3 is 2.36 bits per heavy atom. The monoisotopic (exact) mass is 552 g/mol. The van der Waals surface area contributed by atoms with Crippen molar-refractivity contribution in [1.82, 2.24) is 5.32 Å². The van der Waals surface area contributed by atoms with Gasteiger partial charge in [-0.15, -0.1) is 0 Å². The van der Waals surface area contributed by atoms with Gasteiger partial charge >= 0.3 is 0 Å². The van der Waals surface area contributed by atoms with Gasteiger partial charge in [-0.05, 0) is 66.6 Å². The van der Waals surface area contributed by atoms with E-state index in [1.807, 2.05) is 6.92 Å². The summed E-state index contributed by atoms with van der Waals surface area (Å²) in [4.78, 5) is 36.9. The summed E-state index contributed by atoms with van der Waals surface area (Å²) in [5.41, 5.74) is 7.48. The third kappa shape index (κ3) is 7.81. The summed E-state index contributed by atoms with van der Waals surface area (Å²) in [7, 11) is -3.61. The average Bonchev–Trinajstić information content (AvgIpc) is 2.90. The van der Waals surface area contributed by atoms with Gasteiger partial charge in [0.25, 0.3) is 0 Å². The molecule has 0 aliphatic heterocycles. The van der Waals surface area contributed by atoms with E-state index >= 15 is 0 Å². The standard InChI is InChI=1S/C28H32N4O6S/c1-4-38-24-11-7-8-19(16-24)26(32-22-10-6-9-20(14-22)27(29)34)28(35)30-17-21-15-23(31-18(3)33)12-13-25(21)39(36,37)5-2/h6-16,26,32H,4-5,17H2,1-3H3,(H2,29,34)(H,30,35)(H,31,33). The van der Waals surface area contributed by atoms with E-state index in [4.69, 9.17) is 10.5 Å². The Labute approximate surface area is 227 Å². The number of benzene rings is 3. The molecule has 0 aromatic heterocycles. The van der Waals surface area contributed by atoms with Gasteiger partial charge in [0.2, 0.25) is 17.7 Å². The molecule has 0 spiro atoms. The molecule has 39 heavy (non-hydrogen) atoms. The molecule has 0 fully saturated rings. The second-order valence-corrected chi connectivity index (χ2v) is 10.9. The Bertz CT molecular complexity index is 1470. The first-order chi connectivity index (χ1) is 18.5. The van der Waals surface area contributed by atoms with Crippen LogP contribution in [0.3, 0.4) is 0 Å². The second kappa shape index (κ2) is 12.9. The van der Waals surface area contributed by atoms with Crippen molar-refractivity contribution in [2.45, 2.75) is 38.3 Å². The zero-order chi connectivity index (χ0) is 28.6. The van der Waals surface area contributed by atoms with E-state index in [2.05, 4.69) is 16.0 Å². The lowest BCUT2D eigenvalue weighted by molar-refractivity contribution is -0.122. The number of sulfone groups is 1. The van der Waals surface area contributed by atoms with Gasteiger partial charge < -0.3 is 26.4 Å². The first-order valence-corrected chi connectivity index (χ1v) is 14.0. The van der Waals surface area contributed by atoms with E-state index < -0.39 is 27.7 Å². The largest absolute Gasteiger partial charge is 0.494 e. The Morgan fingerprint density at radius 2 is 1.69 bits per heavy atom. The van der Waals surface area contributed by atoms with Crippen LogP contribution in [0.1, 0.15) is 48.3 Å². The van der Waals surface area contributed by atoms with Crippen LogP contribution < -0.4 is 26.4 Å². The number of nitrogens with one attached hydrogen (secondary N) is 3. The summed E-state index contributed by atoms with van der Waals surface area (Å²) in [6.07, 6.45) is 0. The lowest BCUT2D eigenvalue weighted by Crippen LogP contribution is -2.33. The highest BCUT2D eigenvalue weighted by Crippen LogP contribution is 2.26. The van der Waals surface area contributed by atoms with Crippen LogP contribution in [0.5, 0.6) is 5.75 Å². The van der Waals surface area contributed by atoms with E-state index in [0.29, 0.717) is 34.9 Å². The average molecular weight is 553 g/mol. The maximum Gasteiger partial charge on any atom is 0.248 e. The number of amides is 3. The summed E-state index contributed by atoms with van der Waals surface area (Å²) in [6, 6.07) is 17.0. The molecular weight excluding hydrogens is 520 g/mol. The van der Waals surface area contributed by atoms with E-state index in [1.54, 1.807) is 42.5 Å². The minimum absolute atomic E-state index is 0.0661. The maximum absolute atomic E-state index is 13.6. The predicted molar refractivity (Wildman–Crippen MR) is 149 cm³/mol. The van der Waals surface area contributed by atoms with Crippen LogP contribution in [0.4, 0.5) is 11.4 Å².